The van der Waals surface area contributed by atoms with Gasteiger partial charge in [0.25, 0.3) is 0 Å². The van der Waals surface area contributed by atoms with Crippen LogP contribution in [0.4, 0.5) is 32.8 Å². The fourth-order valence-electron chi connectivity index (χ4n) is 10.1. The zero-order valence-corrected chi connectivity index (χ0v) is 53.9. The van der Waals surface area contributed by atoms with E-state index in [1.165, 1.54) is 10.4 Å². The Hall–Kier alpha value is -8.56. The summed E-state index contributed by atoms with van der Waals surface area (Å²) in [6, 6.07) is 16.9. The number of primary amides is 1. The van der Waals surface area contributed by atoms with Gasteiger partial charge in [-0.05, 0) is 111 Å². The quantitative estimate of drug-likeness (QED) is 0.00960. The summed E-state index contributed by atoms with van der Waals surface area (Å²) in [7, 11) is -3.90. The summed E-state index contributed by atoms with van der Waals surface area (Å²) in [6.45, 7) is 11.8. The number of nitrogens with zero attached hydrogens (tertiary/aromatic N) is 3. The highest BCUT2D eigenvalue weighted by Gasteiger charge is 2.37. The van der Waals surface area contributed by atoms with Crippen molar-refractivity contribution in [1.82, 2.24) is 25.2 Å². The molecule has 2 heterocycles. The van der Waals surface area contributed by atoms with E-state index in [-0.39, 0.29) is 125 Å². The van der Waals surface area contributed by atoms with Crippen LogP contribution in [0.2, 0.25) is 0 Å². The van der Waals surface area contributed by atoms with Gasteiger partial charge in [-0.15, -0.1) is 0 Å². The summed E-state index contributed by atoms with van der Waals surface area (Å²) >= 11 is 0. The van der Waals surface area contributed by atoms with Crippen molar-refractivity contribution >= 4 is 75.1 Å². The van der Waals surface area contributed by atoms with Crippen LogP contribution in [0.5, 0.6) is 5.75 Å². The summed E-state index contributed by atoms with van der Waals surface area (Å²) in [5, 5.41) is 7.95. The molecule has 2 atom stereocenters. The zero-order chi connectivity index (χ0) is 68.2. The minimum Gasteiger partial charge on any atom is -0.461 e. The lowest BCUT2D eigenvalue weighted by molar-refractivity contribution is -0.145. The van der Waals surface area contributed by atoms with Crippen LogP contribution in [0.1, 0.15) is 122 Å². The number of ketones is 2. The van der Waals surface area contributed by atoms with Crippen LogP contribution >= 0.6 is 0 Å². The van der Waals surface area contributed by atoms with E-state index >= 15 is 0 Å². The number of alkyl carbamates (subject to hydrolysis) is 1. The van der Waals surface area contributed by atoms with Crippen LogP contribution in [-0.4, -0.2) is 135 Å². The number of nitrogens with two attached hydrogens (primary N) is 2. The third-order valence-corrected chi connectivity index (χ3v) is 17.0. The molecule has 6 rings (SSSR count). The van der Waals surface area contributed by atoms with Crippen LogP contribution in [-0.2, 0) is 66.0 Å². The smallest absolute Gasteiger partial charge is 0.407 e. The predicted octanol–water partition coefficient (Wildman–Crippen LogP) is 8.66. The maximum Gasteiger partial charge on any atom is 0.407 e. The standard InChI is InChI=1S/C66H82F4N8O14S/c1-7-26-77(27-10-25-74-65(86)92-66(4,5)6)63(84)47-31-46-20-19-45(33-54(46)75-56(71)34-47)44-11-8-12-49(32-44)93(87,88)78-37-43(38-78)18-21-57(81)90-39-42-16-14-41(15-17-42)30-55(80)53(13-9-24-73-64(72)85)76-62(83)50(40(2)3)35-48(79)22-28-89-29-23-58(82)91-61-59(69)51(67)36-52(68)60(61)70/h8,11-12,14-17,19-20,31-33,36,40,43,50,53H,7,9-10,13,18,21-30,34-35,37-39H2,1-6H3,(H2,71,75)(H,74,86)(H,76,83)(H3,72,73,85)/t50-,53-/m0/s1. The number of benzene rings is 4. The number of hydrogen-bond acceptors (Lipinski definition) is 16. The average Bonchev–Trinajstić information content (AvgIpc) is 1.11. The Morgan fingerprint density at radius 3 is 2.14 bits per heavy atom. The van der Waals surface area contributed by atoms with Gasteiger partial charge in [-0.3, -0.25) is 28.8 Å². The van der Waals surface area contributed by atoms with E-state index in [0.29, 0.717) is 71.6 Å². The molecule has 27 heteroatoms. The molecule has 4 aromatic carbocycles. The first kappa shape index (κ1) is 73.5. The second-order valence-corrected chi connectivity index (χ2v) is 26.1. The second-order valence-electron chi connectivity index (χ2n) is 24.1. The minimum atomic E-state index is -3.90. The summed E-state index contributed by atoms with van der Waals surface area (Å²) < 4.78 is 104. The van der Waals surface area contributed by atoms with Crippen LogP contribution in [0.15, 0.2) is 88.3 Å². The molecule has 2 aliphatic heterocycles. The second kappa shape index (κ2) is 34.4. The Labute approximate surface area is 538 Å². The molecule has 7 N–H and O–H groups in total. The number of Topliss-reactive ketones (excluding diaryl/α,β-unsaturated/α-hetero) is 2. The lowest BCUT2D eigenvalue weighted by Gasteiger charge is -2.38. The molecule has 0 aliphatic carbocycles. The van der Waals surface area contributed by atoms with E-state index in [4.69, 9.17) is 25.7 Å². The van der Waals surface area contributed by atoms with Crippen molar-refractivity contribution in [2.75, 3.05) is 52.5 Å². The first-order chi connectivity index (χ1) is 44.0. The molecule has 93 heavy (non-hydrogen) atoms. The number of urea groups is 1. The molecule has 0 aromatic heterocycles. The molecule has 22 nitrogen and oxygen atoms in total. The highest BCUT2D eigenvalue weighted by atomic mass is 32.2. The number of ether oxygens (including phenoxy) is 4. The summed E-state index contributed by atoms with van der Waals surface area (Å²) in [5.41, 5.74) is 15.1. The zero-order valence-electron chi connectivity index (χ0n) is 53.1. The van der Waals surface area contributed by atoms with Crippen LogP contribution < -0.4 is 32.2 Å². The van der Waals surface area contributed by atoms with Gasteiger partial charge in [0.15, 0.2) is 17.4 Å². The number of fused-ring (bicyclic) bond motifs is 1. The number of carbonyl (C=O) groups is 8. The number of sulfonamides is 1. The van der Waals surface area contributed by atoms with E-state index in [1.807, 2.05) is 19.1 Å². The maximum absolute atomic E-state index is 13.9. The molecule has 4 aromatic rings. The van der Waals surface area contributed by atoms with Crippen LogP contribution in [0, 0.1) is 41.0 Å². The SMILES string of the molecule is CCCN(CCCNC(=O)OC(C)(C)C)C(=O)C1=Cc2ccc(-c3cccc(S(=O)(=O)N4CC(CCC(=O)OCc5ccc(CC(=O)[C@H](CCCNC(N)=O)NC(=O)[C@@H](CC(=O)CCOCCC(=O)Oc6c(F)c(F)cc(F)c6F)C(C)C)cc5)C4)c3)cc2N=C(N)C1. The molecule has 1 saturated heterocycles. The van der Waals surface area contributed by atoms with Gasteiger partial charge in [-0.25, -0.2) is 31.8 Å². The van der Waals surface area contributed by atoms with Crippen molar-refractivity contribution in [3.05, 3.63) is 118 Å². The molecule has 1 fully saturated rings. The van der Waals surface area contributed by atoms with Gasteiger partial charge in [-0.2, -0.15) is 13.1 Å². The Morgan fingerprint density at radius 2 is 1.47 bits per heavy atom. The predicted molar refractivity (Wildman–Crippen MR) is 337 cm³/mol. The highest BCUT2D eigenvalue weighted by molar-refractivity contribution is 7.89. The third-order valence-electron chi connectivity index (χ3n) is 15.1. The van der Waals surface area contributed by atoms with Gasteiger partial charge >= 0.3 is 24.1 Å². The number of esters is 2. The largest absolute Gasteiger partial charge is 0.461 e. The van der Waals surface area contributed by atoms with E-state index in [2.05, 4.69) is 25.7 Å². The normalized spacial score (nSPS) is 14.1. The van der Waals surface area contributed by atoms with Gasteiger partial charge in [0.05, 0.1) is 36.3 Å². The number of halogens is 4. The number of amides is 5. The van der Waals surface area contributed by atoms with Gasteiger partial charge in [0.1, 0.15) is 23.8 Å². The van der Waals surface area contributed by atoms with Gasteiger partial charge in [-0.1, -0.05) is 69.3 Å². The van der Waals surface area contributed by atoms with Crippen molar-refractivity contribution in [3.63, 3.8) is 0 Å². The molecule has 0 bridgehead atoms. The third kappa shape index (κ3) is 22.6. The van der Waals surface area contributed by atoms with E-state index in [1.54, 1.807) is 94.1 Å². The number of aliphatic imine (C=N–C) groups is 1. The minimum absolute atomic E-state index is 0.0374. The maximum atomic E-state index is 13.9. The Balaban J connectivity index is 0.940. The average molecular weight is 1320 g/mol. The Bertz CT molecular complexity index is 3510. The molecule has 0 saturated carbocycles. The molecule has 2 aliphatic rings. The molecule has 0 unspecified atom stereocenters. The van der Waals surface area contributed by atoms with Gasteiger partial charge in [0.2, 0.25) is 39.2 Å². The highest BCUT2D eigenvalue weighted by Crippen LogP contribution is 2.35. The van der Waals surface area contributed by atoms with Gasteiger partial charge < -0.3 is 51.3 Å². The summed E-state index contributed by atoms with van der Waals surface area (Å²) in [4.78, 5) is 109. The lowest BCUT2D eigenvalue weighted by Crippen LogP contribution is -2.49. The van der Waals surface area contributed by atoms with E-state index in [9.17, 15) is 64.3 Å². The van der Waals surface area contributed by atoms with Crippen molar-refractivity contribution < 1.29 is 83.3 Å². The molecular weight excluding hydrogens is 1240 g/mol. The fourth-order valence-corrected chi connectivity index (χ4v) is 11.8. The number of rotatable bonds is 34. The van der Waals surface area contributed by atoms with Crippen molar-refractivity contribution in [1.29, 1.82) is 0 Å². The Morgan fingerprint density at radius 1 is 0.806 bits per heavy atom. The number of nitrogens with one attached hydrogen (secondary N) is 3. The van der Waals surface area contributed by atoms with Crippen LogP contribution in [0.25, 0.3) is 17.2 Å². The number of carbonyl (C=O) groups excluding carboxylic acids is 8. The number of hydrogen-bond donors (Lipinski definition) is 5. The monoisotopic (exact) mass is 1320 g/mol. The van der Waals surface area contributed by atoms with E-state index in [0.717, 1.165) is 6.42 Å². The summed E-state index contributed by atoms with van der Waals surface area (Å²) in [6.07, 6.45) is 2.29. The Kier molecular flexibility index (Phi) is 27.2. The topological polar surface area (TPSA) is 315 Å². The number of amidine groups is 1. The van der Waals surface area contributed by atoms with Crippen molar-refractivity contribution in [2.45, 2.75) is 135 Å². The fraction of sp³-hybridized carbons (Fsp3) is 0.470. The van der Waals surface area contributed by atoms with E-state index < -0.39 is 98.8 Å². The molecule has 5 amide bonds. The lowest BCUT2D eigenvalue weighted by atomic mass is 9.88. The van der Waals surface area contributed by atoms with Crippen molar-refractivity contribution in [2.24, 2.45) is 34.2 Å². The van der Waals surface area contributed by atoms with Crippen LogP contribution in [0.3, 0.4) is 0 Å². The van der Waals surface area contributed by atoms with Crippen molar-refractivity contribution in [3.8, 4) is 16.9 Å². The molecule has 0 spiro atoms. The first-order valence-corrected chi connectivity index (χ1v) is 32.2. The van der Waals surface area contributed by atoms with Gasteiger partial charge in [0, 0.05) is 94.5 Å². The molecule has 0 radical (unpaired) electrons. The molecule has 504 valence electrons. The summed E-state index contributed by atoms with van der Waals surface area (Å²) in [5.74, 6) is -13.2. The first-order valence-electron chi connectivity index (χ1n) is 30.8. The molecular formula is C66H82F4N8O14S.